The first-order valence-electron chi connectivity index (χ1n) is 7.06. The van der Waals surface area contributed by atoms with E-state index >= 15 is 0 Å². The van der Waals surface area contributed by atoms with Crippen molar-refractivity contribution in [1.82, 2.24) is 9.78 Å². The number of hydrogen-bond acceptors (Lipinski definition) is 2. The number of hydrogen-bond donors (Lipinski definition) is 1. The number of alkyl halides is 3. The molecule has 0 aliphatic rings. The van der Waals surface area contributed by atoms with Crippen LogP contribution in [0.15, 0.2) is 48.5 Å². The first-order valence-corrected chi connectivity index (χ1v) is 7.44. The molecule has 0 amide bonds. The Kier molecular flexibility index (Phi) is 4.01. The van der Waals surface area contributed by atoms with Gasteiger partial charge in [-0.15, -0.1) is 0 Å². The Morgan fingerprint density at radius 3 is 2.33 bits per heavy atom. The second kappa shape index (κ2) is 5.87. The van der Waals surface area contributed by atoms with E-state index in [0.29, 0.717) is 16.3 Å². The molecule has 0 radical (unpaired) electrons. The number of nitrogens with two attached hydrogens (primary N) is 1. The molecule has 0 bridgehead atoms. The van der Waals surface area contributed by atoms with Crippen molar-refractivity contribution in [1.29, 1.82) is 0 Å². The number of aromatic nitrogens is 2. The van der Waals surface area contributed by atoms with Crippen molar-refractivity contribution >= 4 is 17.4 Å². The Balaban J connectivity index is 2.26. The number of benzene rings is 2. The molecular weight excluding hydrogens is 339 g/mol. The number of nitrogens with zero attached hydrogens (tertiary/aromatic N) is 2. The van der Waals surface area contributed by atoms with Gasteiger partial charge in [-0.25, -0.2) is 4.68 Å². The minimum absolute atomic E-state index is 0.0738. The fraction of sp³-hybridized carbons (Fsp3) is 0.118. The van der Waals surface area contributed by atoms with Gasteiger partial charge in [-0.2, -0.15) is 18.3 Å². The molecular formula is C17H13ClF3N3. The number of nitrogen functional groups attached to an aromatic ring is 1. The Hall–Kier alpha value is -2.47. The van der Waals surface area contributed by atoms with Crippen molar-refractivity contribution < 1.29 is 13.2 Å². The fourth-order valence-corrected chi connectivity index (χ4v) is 2.61. The predicted molar refractivity (Wildman–Crippen MR) is 88.2 cm³/mol. The quantitative estimate of drug-likeness (QED) is 0.697. The fourth-order valence-electron chi connectivity index (χ4n) is 2.49. The molecule has 24 heavy (non-hydrogen) atoms. The van der Waals surface area contributed by atoms with Gasteiger partial charge in [0.1, 0.15) is 5.82 Å². The van der Waals surface area contributed by atoms with Crippen LogP contribution in [0.5, 0.6) is 0 Å². The van der Waals surface area contributed by atoms with Crippen LogP contribution in [-0.4, -0.2) is 9.78 Å². The summed E-state index contributed by atoms with van der Waals surface area (Å²) in [5.41, 5.74) is 6.52. The van der Waals surface area contributed by atoms with Gasteiger partial charge in [0.25, 0.3) is 0 Å². The van der Waals surface area contributed by atoms with E-state index in [9.17, 15) is 13.2 Å². The SMILES string of the molecule is Cc1cccc(-n2nc(C(F)(F)F)c(-c3ccc(Cl)cc3)c2N)c1. The zero-order chi connectivity index (χ0) is 17.5. The lowest BCUT2D eigenvalue weighted by Crippen LogP contribution is -2.08. The molecule has 3 nitrogen and oxygen atoms in total. The number of anilines is 1. The average molecular weight is 352 g/mol. The summed E-state index contributed by atoms with van der Waals surface area (Å²) in [6.45, 7) is 1.84. The predicted octanol–water partition coefficient (Wildman–Crippen LogP) is 5.10. The van der Waals surface area contributed by atoms with Crippen LogP contribution < -0.4 is 5.73 Å². The van der Waals surface area contributed by atoms with E-state index in [0.717, 1.165) is 10.2 Å². The summed E-state index contributed by atoms with van der Waals surface area (Å²) in [7, 11) is 0. The van der Waals surface area contributed by atoms with Crippen molar-refractivity contribution in [2.75, 3.05) is 5.73 Å². The molecule has 1 heterocycles. The molecule has 2 N–H and O–H groups in total. The van der Waals surface area contributed by atoms with E-state index in [1.807, 2.05) is 13.0 Å². The summed E-state index contributed by atoms with van der Waals surface area (Å²) in [6, 6.07) is 13.0. The molecule has 2 aromatic carbocycles. The molecule has 0 atom stereocenters. The van der Waals surface area contributed by atoms with Crippen LogP contribution in [0.25, 0.3) is 16.8 Å². The molecule has 124 valence electrons. The highest BCUT2D eigenvalue weighted by atomic mass is 35.5. The normalized spacial score (nSPS) is 11.7. The third-order valence-electron chi connectivity index (χ3n) is 3.57. The van der Waals surface area contributed by atoms with Gasteiger partial charge in [-0.1, -0.05) is 35.9 Å². The van der Waals surface area contributed by atoms with E-state index < -0.39 is 11.9 Å². The summed E-state index contributed by atoms with van der Waals surface area (Å²) >= 11 is 5.81. The van der Waals surface area contributed by atoms with Crippen LogP contribution in [0, 0.1) is 6.92 Å². The minimum Gasteiger partial charge on any atom is -0.383 e. The maximum absolute atomic E-state index is 13.4. The summed E-state index contributed by atoms with van der Waals surface area (Å²) < 4.78 is 41.4. The van der Waals surface area contributed by atoms with Gasteiger partial charge in [0.15, 0.2) is 5.69 Å². The van der Waals surface area contributed by atoms with Crippen molar-refractivity contribution in [3.05, 3.63) is 64.8 Å². The zero-order valence-corrected chi connectivity index (χ0v) is 13.4. The van der Waals surface area contributed by atoms with Crippen LogP contribution in [0.4, 0.5) is 19.0 Å². The van der Waals surface area contributed by atoms with E-state index in [4.69, 9.17) is 17.3 Å². The molecule has 0 aliphatic carbocycles. The molecule has 0 saturated heterocycles. The zero-order valence-electron chi connectivity index (χ0n) is 12.6. The van der Waals surface area contributed by atoms with E-state index in [-0.39, 0.29) is 11.4 Å². The Morgan fingerprint density at radius 1 is 1.08 bits per heavy atom. The van der Waals surface area contributed by atoms with Gasteiger partial charge in [-0.3, -0.25) is 0 Å². The van der Waals surface area contributed by atoms with Gasteiger partial charge in [0, 0.05) is 5.02 Å². The minimum atomic E-state index is -4.63. The van der Waals surface area contributed by atoms with Crippen molar-refractivity contribution in [2.45, 2.75) is 13.1 Å². The van der Waals surface area contributed by atoms with Crippen LogP contribution >= 0.6 is 11.6 Å². The highest BCUT2D eigenvalue weighted by molar-refractivity contribution is 6.30. The lowest BCUT2D eigenvalue weighted by molar-refractivity contribution is -0.140. The molecule has 0 aliphatic heterocycles. The number of aryl methyl sites for hydroxylation is 1. The summed E-state index contributed by atoms with van der Waals surface area (Å²) in [5.74, 6) is -0.0738. The highest BCUT2D eigenvalue weighted by Gasteiger charge is 2.39. The van der Waals surface area contributed by atoms with Crippen molar-refractivity contribution in [3.63, 3.8) is 0 Å². The third kappa shape index (κ3) is 2.97. The van der Waals surface area contributed by atoms with Crippen LogP contribution in [0.1, 0.15) is 11.3 Å². The molecule has 1 aromatic heterocycles. The van der Waals surface area contributed by atoms with Gasteiger partial charge in [0.2, 0.25) is 0 Å². The van der Waals surface area contributed by atoms with Gasteiger partial charge in [-0.05, 0) is 42.3 Å². The lowest BCUT2D eigenvalue weighted by Gasteiger charge is -2.07. The topological polar surface area (TPSA) is 43.8 Å². The maximum atomic E-state index is 13.4. The summed E-state index contributed by atoms with van der Waals surface area (Å²) in [6.07, 6.45) is -4.63. The average Bonchev–Trinajstić information content (AvgIpc) is 2.86. The van der Waals surface area contributed by atoms with Crippen LogP contribution in [-0.2, 0) is 6.18 Å². The molecule has 0 saturated carbocycles. The van der Waals surface area contributed by atoms with Crippen molar-refractivity contribution in [3.8, 4) is 16.8 Å². The number of halogens is 4. The summed E-state index contributed by atoms with van der Waals surface area (Å²) in [5, 5.41) is 4.15. The second-order valence-electron chi connectivity index (χ2n) is 5.36. The largest absolute Gasteiger partial charge is 0.435 e. The monoisotopic (exact) mass is 351 g/mol. The molecule has 0 fully saturated rings. The third-order valence-corrected chi connectivity index (χ3v) is 3.82. The van der Waals surface area contributed by atoms with E-state index in [1.165, 1.54) is 24.3 Å². The number of rotatable bonds is 2. The van der Waals surface area contributed by atoms with E-state index in [2.05, 4.69) is 5.10 Å². The standard InChI is InChI=1S/C17H13ClF3N3/c1-10-3-2-4-13(9-10)24-16(22)14(15(23-24)17(19,20)21)11-5-7-12(18)8-6-11/h2-9H,22H2,1H3. The Morgan fingerprint density at radius 2 is 1.75 bits per heavy atom. The van der Waals surface area contributed by atoms with E-state index in [1.54, 1.807) is 18.2 Å². The van der Waals surface area contributed by atoms with Gasteiger partial charge in [0.05, 0.1) is 11.3 Å². The van der Waals surface area contributed by atoms with Gasteiger partial charge >= 0.3 is 6.18 Å². The maximum Gasteiger partial charge on any atom is 0.435 e. The smallest absolute Gasteiger partial charge is 0.383 e. The molecule has 0 spiro atoms. The van der Waals surface area contributed by atoms with Crippen LogP contribution in [0.2, 0.25) is 5.02 Å². The first-order chi connectivity index (χ1) is 11.3. The van der Waals surface area contributed by atoms with Crippen LogP contribution in [0.3, 0.4) is 0 Å². The molecule has 7 heteroatoms. The Labute approximate surface area is 141 Å². The summed E-state index contributed by atoms with van der Waals surface area (Å²) in [4.78, 5) is 0. The lowest BCUT2D eigenvalue weighted by atomic mass is 10.1. The van der Waals surface area contributed by atoms with Gasteiger partial charge < -0.3 is 5.73 Å². The van der Waals surface area contributed by atoms with Crippen molar-refractivity contribution in [2.24, 2.45) is 0 Å². The molecule has 0 unspecified atom stereocenters. The second-order valence-corrected chi connectivity index (χ2v) is 5.80. The Bertz CT molecular complexity index is 883. The highest BCUT2D eigenvalue weighted by Crippen LogP contribution is 2.40. The molecule has 3 aromatic rings. The first kappa shape index (κ1) is 16.4. The molecule has 3 rings (SSSR count).